The SMILES string of the molecule is CN=C(NCCc1ccc(Cl)cc1)NCCc1sc(C)nc1C.I. The Balaban J connectivity index is 0.00000288. The van der Waals surface area contributed by atoms with E-state index >= 15 is 0 Å². The molecule has 0 aliphatic rings. The van der Waals surface area contributed by atoms with Crippen LogP contribution in [0.25, 0.3) is 0 Å². The first kappa shape index (κ1) is 21.2. The highest BCUT2D eigenvalue weighted by Gasteiger charge is 2.05. The quantitative estimate of drug-likeness (QED) is 0.375. The Bertz CT molecular complexity index is 655. The second-order valence-corrected chi connectivity index (χ2v) is 7.02. The van der Waals surface area contributed by atoms with E-state index in [1.54, 1.807) is 18.4 Å². The second-order valence-electron chi connectivity index (χ2n) is 5.29. The summed E-state index contributed by atoms with van der Waals surface area (Å²) in [5, 5.41) is 8.58. The molecule has 0 radical (unpaired) electrons. The summed E-state index contributed by atoms with van der Waals surface area (Å²) in [5.41, 5.74) is 2.40. The van der Waals surface area contributed by atoms with Gasteiger partial charge in [0.2, 0.25) is 0 Å². The van der Waals surface area contributed by atoms with E-state index in [-0.39, 0.29) is 24.0 Å². The minimum Gasteiger partial charge on any atom is -0.356 e. The van der Waals surface area contributed by atoms with Crippen LogP contribution in [0.15, 0.2) is 29.3 Å². The normalized spacial score (nSPS) is 11.1. The number of thiazole rings is 1. The number of hydrogen-bond donors (Lipinski definition) is 2. The molecule has 0 unspecified atom stereocenters. The molecule has 0 bridgehead atoms. The minimum atomic E-state index is 0. The molecule has 2 N–H and O–H groups in total. The van der Waals surface area contributed by atoms with Crippen molar-refractivity contribution in [2.24, 2.45) is 4.99 Å². The first-order valence-electron chi connectivity index (χ1n) is 7.70. The maximum Gasteiger partial charge on any atom is 0.190 e. The summed E-state index contributed by atoms with van der Waals surface area (Å²) >= 11 is 7.66. The predicted octanol–water partition coefficient (Wildman–Crippen LogP) is 3.98. The van der Waals surface area contributed by atoms with E-state index in [4.69, 9.17) is 11.6 Å². The summed E-state index contributed by atoms with van der Waals surface area (Å²) in [5.74, 6) is 0.831. The zero-order valence-electron chi connectivity index (χ0n) is 14.2. The van der Waals surface area contributed by atoms with Crippen molar-refractivity contribution in [1.82, 2.24) is 15.6 Å². The lowest BCUT2D eigenvalue weighted by atomic mass is 10.1. The molecule has 1 heterocycles. The number of aliphatic imine (C=N–C) groups is 1. The van der Waals surface area contributed by atoms with Crippen molar-refractivity contribution in [2.45, 2.75) is 26.7 Å². The molecule has 0 aliphatic heterocycles. The van der Waals surface area contributed by atoms with Gasteiger partial charge >= 0.3 is 0 Å². The molecular weight excluding hydrogens is 455 g/mol. The summed E-state index contributed by atoms with van der Waals surface area (Å²) in [6.45, 7) is 5.80. The fraction of sp³-hybridized carbons (Fsp3) is 0.412. The van der Waals surface area contributed by atoms with E-state index in [9.17, 15) is 0 Å². The Labute approximate surface area is 170 Å². The molecule has 2 rings (SSSR count). The molecule has 24 heavy (non-hydrogen) atoms. The van der Waals surface area contributed by atoms with Gasteiger partial charge in [-0.3, -0.25) is 4.99 Å². The molecule has 7 heteroatoms. The zero-order chi connectivity index (χ0) is 16.7. The smallest absolute Gasteiger partial charge is 0.190 e. The highest BCUT2D eigenvalue weighted by molar-refractivity contribution is 14.0. The molecule has 0 spiro atoms. The fourth-order valence-corrected chi connectivity index (χ4v) is 3.36. The summed E-state index contributed by atoms with van der Waals surface area (Å²) in [7, 11) is 1.79. The van der Waals surface area contributed by atoms with E-state index in [0.29, 0.717) is 0 Å². The van der Waals surface area contributed by atoms with Gasteiger partial charge in [0.05, 0.1) is 10.7 Å². The fourth-order valence-electron chi connectivity index (χ4n) is 2.30. The Morgan fingerprint density at radius 1 is 1.12 bits per heavy atom. The van der Waals surface area contributed by atoms with E-state index in [0.717, 1.165) is 47.6 Å². The maximum absolute atomic E-state index is 5.89. The van der Waals surface area contributed by atoms with E-state index in [1.807, 2.05) is 19.1 Å². The highest BCUT2D eigenvalue weighted by atomic mass is 127. The maximum atomic E-state index is 5.89. The standard InChI is InChI=1S/C17H23ClN4S.HI/c1-12-16(23-13(2)22-12)9-11-21-17(19-3)20-10-8-14-4-6-15(18)7-5-14;/h4-7H,8-11H2,1-3H3,(H2,19,20,21);1H. The van der Waals surface area contributed by atoms with Crippen LogP contribution in [0.5, 0.6) is 0 Å². The van der Waals surface area contributed by atoms with E-state index in [2.05, 4.69) is 39.7 Å². The van der Waals surface area contributed by atoms with E-state index < -0.39 is 0 Å². The summed E-state index contributed by atoms with van der Waals surface area (Å²) < 4.78 is 0. The van der Waals surface area contributed by atoms with Gasteiger partial charge in [0.25, 0.3) is 0 Å². The average molecular weight is 479 g/mol. The van der Waals surface area contributed by atoms with Crippen molar-refractivity contribution in [2.75, 3.05) is 20.1 Å². The number of aromatic nitrogens is 1. The Kier molecular flexibility index (Phi) is 9.61. The lowest BCUT2D eigenvalue weighted by Crippen LogP contribution is -2.39. The third-order valence-electron chi connectivity index (χ3n) is 3.49. The van der Waals surface area contributed by atoms with Crippen LogP contribution < -0.4 is 10.6 Å². The molecular formula is C17H24ClIN4S. The number of benzene rings is 1. The number of nitrogens with zero attached hydrogens (tertiary/aromatic N) is 2. The predicted molar refractivity (Wildman–Crippen MR) is 115 cm³/mol. The molecule has 0 amide bonds. The number of nitrogens with one attached hydrogen (secondary N) is 2. The molecule has 0 saturated carbocycles. The van der Waals surface area contributed by atoms with Gasteiger partial charge in [-0.05, 0) is 38.0 Å². The molecule has 0 atom stereocenters. The van der Waals surface area contributed by atoms with Crippen molar-refractivity contribution in [3.63, 3.8) is 0 Å². The lowest BCUT2D eigenvalue weighted by molar-refractivity contribution is 0.785. The van der Waals surface area contributed by atoms with Gasteiger partial charge in [0, 0.05) is 36.5 Å². The molecule has 1 aromatic carbocycles. The van der Waals surface area contributed by atoms with Crippen molar-refractivity contribution in [3.05, 3.63) is 50.4 Å². The van der Waals surface area contributed by atoms with Crippen LogP contribution >= 0.6 is 46.9 Å². The van der Waals surface area contributed by atoms with Crippen molar-refractivity contribution in [1.29, 1.82) is 0 Å². The summed E-state index contributed by atoms with van der Waals surface area (Å²) in [4.78, 5) is 10.0. The molecule has 0 aliphatic carbocycles. The number of halogens is 2. The van der Waals surface area contributed by atoms with Crippen LogP contribution in [0.1, 0.15) is 21.1 Å². The number of guanidine groups is 1. The summed E-state index contributed by atoms with van der Waals surface area (Å²) in [6.07, 6.45) is 1.90. The van der Waals surface area contributed by atoms with Gasteiger partial charge in [-0.2, -0.15) is 0 Å². The zero-order valence-corrected chi connectivity index (χ0v) is 18.1. The molecule has 132 valence electrons. The van der Waals surface area contributed by atoms with Gasteiger partial charge in [-0.15, -0.1) is 35.3 Å². The van der Waals surface area contributed by atoms with Crippen LogP contribution in [0, 0.1) is 13.8 Å². The van der Waals surface area contributed by atoms with Gasteiger partial charge in [-0.1, -0.05) is 23.7 Å². The summed E-state index contributed by atoms with van der Waals surface area (Å²) in [6, 6.07) is 7.94. The third-order valence-corrected chi connectivity index (χ3v) is 4.87. The van der Waals surface area contributed by atoms with Crippen LogP contribution in [-0.4, -0.2) is 31.1 Å². The monoisotopic (exact) mass is 478 g/mol. The third kappa shape index (κ3) is 6.94. The molecule has 0 fully saturated rings. The number of hydrogen-bond acceptors (Lipinski definition) is 3. The van der Waals surface area contributed by atoms with Gasteiger partial charge in [0.15, 0.2) is 5.96 Å². The van der Waals surface area contributed by atoms with Crippen LogP contribution in [0.2, 0.25) is 5.02 Å². The van der Waals surface area contributed by atoms with Crippen LogP contribution in [0.3, 0.4) is 0 Å². The Morgan fingerprint density at radius 3 is 2.29 bits per heavy atom. The Morgan fingerprint density at radius 2 is 1.75 bits per heavy atom. The van der Waals surface area contributed by atoms with Crippen LogP contribution in [-0.2, 0) is 12.8 Å². The van der Waals surface area contributed by atoms with E-state index in [1.165, 1.54) is 10.4 Å². The molecule has 0 saturated heterocycles. The average Bonchev–Trinajstić information content (AvgIpc) is 2.85. The van der Waals surface area contributed by atoms with Crippen LogP contribution in [0.4, 0.5) is 0 Å². The number of rotatable bonds is 6. The largest absolute Gasteiger partial charge is 0.356 e. The van der Waals surface area contributed by atoms with Gasteiger partial charge in [0.1, 0.15) is 0 Å². The highest BCUT2D eigenvalue weighted by Crippen LogP contribution is 2.17. The van der Waals surface area contributed by atoms with Crippen molar-refractivity contribution >= 4 is 52.9 Å². The minimum absolute atomic E-state index is 0. The number of aryl methyl sites for hydroxylation is 2. The molecule has 4 nitrogen and oxygen atoms in total. The molecule has 2 aromatic rings. The van der Waals surface area contributed by atoms with Gasteiger partial charge < -0.3 is 10.6 Å². The van der Waals surface area contributed by atoms with Crippen molar-refractivity contribution < 1.29 is 0 Å². The van der Waals surface area contributed by atoms with Gasteiger partial charge in [-0.25, -0.2) is 4.98 Å². The Hall–Kier alpha value is -0.860. The van der Waals surface area contributed by atoms with Crippen molar-refractivity contribution in [3.8, 4) is 0 Å². The topological polar surface area (TPSA) is 49.3 Å². The lowest BCUT2D eigenvalue weighted by Gasteiger charge is -2.11. The first-order chi connectivity index (χ1) is 11.1. The molecule has 1 aromatic heterocycles. The first-order valence-corrected chi connectivity index (χ1v) is 8.90. The second kappa shape index (κ2) is 10.9.